The molecule has 4 aromatic rings. The summed E-state index contributed by atoms with van der Waals surface area (Å²) in [6.07, 6.45) is 7.16. The maximum atomic E-state index is 13.4. The lowest BCUT2D eigenvalue weighted by molar-refractivity contribution is -0.139. The number of carbonyl (C=O) groups excluding carboxylic acids is 2. The fraction of sp³-hybridized carbons (Fsp3) is 0.303. The summed E-state index contributed by atoms with van der Waals surface area (Å²) in [6.45, 7) is 6.37. The third-order valence-corrected chi connectivity index (χ3v) is 7.61. The van der Waals surface area contributed by atoms with Crippen LogP contribution >= 0.6 is 0 Å². The van der Waals surface area contributed by atoms with E-state index in [0.717, 1.165) is 41.8 Å². The van der Waals surface area contributed by atoms with Crippen LogP contribution in [0.1, 0.15) is 67.9 Å². The van der Waals surface area contributed by atoms with Crippen molar-refractivity contribution < 1.29 is 18.7 Å². The first-order chi connectivity index (χ1) is 19.3. The SMILES string of the molecule is CCCCC(CC)COC(=O)/C=C/c1cccc2c1C(=O)NC(C)(c1cc3cc4ccccc4cc3oc1=O)N2. The van der Waals surface area contributed by atoms with Gasteiger partial charge in [0.1, 0.15) is 11.2 Å². The van der Waals surface area contributed by atoms with E-state index in [1.807, 2.05) is 36.4 Å². The number of carbonyl (C=O) groups is 2. The van der Waals surface area contributed by atoms with Crippen LogP contribution in [-0.4, -0.2) is 18.5 Å². The fourth-order valence-corrected chi connectivity index (χ4v) is 5.25. The third kappa shape index (κ3) is 5.50. The first kappa shape index (κ1) is 27.2. The second-order valence-electron chi connectivity index (χ2n) is 10.5. The number of rotatable bonds is 9. The van der Waals surface area contributed by atoms with Gasteiger partial charge in [-0.25, -0.2) is 9.59 Å². The Morgan fingerprint density at radius 1 is 1.00 bits per heavy atom. The summed E-state index contributed by atoms with van der Waals surface area (Å²) in [5, 5.41) is 9.01. The molecule has 0 saturated carbocycles. The van der Waals surface area contributed by atoms with Crippen molar-refractivity contribution in [3.63, 3.8) is 0 Å². The fourth-order valence-electron chi connectivity index (χ4n) is 5.25. The number of amides is 1. The summed E-state index contributed by atoms with van der Waals surface area (Å²) in [5.74, 6) is -0.461. The second-order valence-corrected chi connectivity index (χ2v) is 10.5. The Morgan fingerprint density at radius 3 is 2.52 bits per heavy atom. The predicted octanol–water partition coefficient (Wildman–Crippen LogP) is 6.75. The van der Waals surface area contributed by atoms with Gasteiger partial charge >= 0.3 is 11.6 Å². The molecule has 40 heavy (non-hydrogen) atoms. The highest BCUT2D eigenvalue weighted by Gasteiger charge is 2.38. The molecule has 5 rings (SSSR count). The van der Waals surface area contributed by atoms with Crippen molar-refractivity contribution in [1.29, 1.82) is 0 Å². The lowest BCUT2D eigenvalue weighted by Gasteiger charge is -2.37. The molecule has 1 aliphatic heterocycles. The molecule has 0 radical (unpaired) electrons. The standard InChI is InChI=1S/C33H34N2O5/c1-4-6-10-21(5-2)20-39-29(36)16-15-22-13-9-14-27-30(22)31(37)35-33(3,34-27)26-18-25-17-23-11-7-8-12-24(23)19-28(25)40-32(26)38/h7-9,11-19,21,34H,4-6,10,20H2,1-3H3,(H,35,37)/b16-15+. The predicted molar refractivity (Wildman–Crippen MR) is 158 cm³/mol. The monoisotopic (exact) mass is 538 g/mol. The highest BCUT2D eigenvalue weighted by Crippen LogP contribution is 2.33. The van der Waals surface area contributed by atoms with E-state index in [2.05, 4.69) is 24.5 Å². The normalized spacial score (nSPS) is 17.4. The number of fused-ring (bicyclic) bond motifs is 3. The van der Waals surface area contributed by atoms with Gasteiger partial charge in [-0.15, -0.1) is 0 Å². The van der Waals surface area contributed by atoms with Gasteiger partial charge in [0.25, 0.3) is 5.91 Å². The summed E-state index contributed by atoms with van der Waals surface area (Å²) in [5.41, 5.74) is 0.515. The van der Waals surface area contributed by atoms with E-state index < -0.39 is 17.3 Å². The molecular weight excluding hydrogens is 504 g/mol. The minimum Gasteiger partial charge on any atom is -0.462 e. The first-order valence-electron chi connectivity index (χ1n) is 13.9. The Morgan fingerprint density at radius 2 is 1.77 bits per heavy atom. The Hall–Kier alpha value is -4.39. The smallest absolute Gasteiger partial charge is 0.343 e. The molecule has 0 saturated heterocycles. The molecule has 0 bridgehead atoms. The van der Waals surface area contributed by atoms with Gasteiger partial charge in [-0.3, -0.25) is 4.79 Å². The van der Waals surface area contributed by atoms with E-state index in [1.54, 1.807) is 37.3 Å². The van der Waals surface area contributed by atoms with Crippen LogP contribution in [0.15, 0.2) is 76.0 Å². The third-order valence-electron chi connectivity index (χ3n) is 7.61. The largest absolute Gasteiger partial charge is 0.462 e. The first-order valence-corrected chi connectivity index (χ1v) is 13.9. The van der Waals surface area contributed by atoms with Crippen molar-refractivity contribution in [3.05, 3.63) is 93.9 Å². The van der Waals surface area contributed by atoms with Crippen molar-refractivity contribution in [3.8, 4) is 0 Å². The van der Waals surface area contributed by atoms with Gasteiger partial charge in [0, 0.05) is 17.1 Å². The van der Waals surface area contributed by atoms with Gasteiger partial charge in [-0.05, 0) is 65.9 Å². The van der Waals surface area contributed by atoms with Crippen LogP contribution in [0, 0.1) is 5.92 Å². The number of benzene rings is 3. The number of nitrogens with one attached hydrogen (secondary N) is 2. The molecular formula is C33H34N2O5. The molecule has 7 heteroatoms. The number of unbranched alkanes of at least 4 members (excludes halogenated alkanes) is 1. The van der Waals surface area contributed by atoms with Gasteiger partial charge in [0.05, 0.1) is 17.7 Å². The van der Waals surface area contributed by atoms with Crippen LogP contribution in [0.3, 0.4) is 0 Å². The van der Waals surface area contributed by atoms with Crippen LogP contribution in [0.4, 0.5) is 5.69 Å². The van der Waals surface area contributed by atoms with Gasteiger partial charge < -0.3 is 19.8 Å². The maximum Gasteiger partial charge on any atom is 0.343 e. The zero-order valence-electron chi connectivity index (χ0n) is 23.1. The maximum absolute atomic E-state index is 13.4. The summed E-state index contributed by atoms with van der Waals surface area (Å²) in [4.78, 5) is 38.9. The van der Waals surface area contributed by atoms with Gasteiger partial charge in [0.2, 0.25) is 0 Å². The zero-order chi connectivity index (χ0) is 28.3. The van der Waals surface area contributed by atoms with Gasteiger partial charge in [-0.1, -0.05) is 69.5 Å². The molecule has 0 spiro atoms. The van der Waals surface area contributed by atoms with Crippen LogP contribution < -0.4 is 16.3 Å². The van der Waals surface area contributed by atoms with Crippen molar-refractivity contribution in [2.24, 2.45) is 5.92 Å². The number of hydrogen-bond acceptors (Lipinski definition) is 6. The van der Waals surface area contributed by atoms with E-state index in [1.165, 1.54) is 6.08 Å². The van der Waals surface area contributed by atoms with Gasteiger partial charge in [0.15, 0.2) is 0 Å². The molecule has 1 aromatic heterocycles. The van der Waals surface area contributed by atoms with Crippen LogP contribution in [-0.2, 0) is 15.2 Å². The van der Waals surface area contributed by atoms with Crippen molar-refractivity contribution >= 4 is 45.4 Å². The Kier molecular flexibility index (Phi) is 7.74. The molecule has 1 amide bonds. The quantitative estimate of drug-likeness (QED) is 0.106. The van der Waals surface area contributed by atoms with Gasteiger partial charge in [-0.2, -0.15) is 0 Å². The van der Waals surface area contributed by atoms with Crippen molar-refractivity contribution in [2.75, 3.05) is 11.9 Å². The van der Waals surface area contributed by atoms with E-state index in [-0.39, 0.29) is 11.5 Å². The molecule has 2 atom stereocenters. The molecule has 1 aliphatic rings. The summed E-state index contributed by atoms with van der Waals surface area (Å²) < 4.78 is 11.2. The second kappa shape index (κ2) is 11.4. The van der Waals surface area contributed by atoms with Crippen LogP contribution in [0.2, 0.25) is 0 Å². The Bertz CT molecular complexity index is 1670. The summed E-state index contributed by atoms with van der Waals surface area (Å²) >= 11 is 0. The average Bonchev–Trinajstić information content (AvgIpc) is 2.94. The number of anilines is 1. The van der Waals surface area contributed by atoms with Crippen molar-refractivity contribution in [2.45, 2.75) is 52.1 Å². The highest BCUT2D eigenvalue weighted by atomic mass is 16.5. The van der Waals surface area contributed by atoms with E-state index in [4.69, 9.17) is 9.15 Å². The molecule has 3 aromatic carbocycles. The molecule has 0 fully saturated rings. The average molecular weight is 539 g/mol. The molecule has 2 heterocycles. The number of ether oxygens (including phenoxy) is 1. The summed E-state index contributed by atoms with van der Waals surface area (Å²) in [7, 11) is 0. The minimum atomic E-state index is -1.21. The molecule has 2 unspecified atom stereocenters. The number of esters is 1. The number of hydrogen-bond donors (Lipinski definition) is 2. The topological polar surface area (TPSA) is 97.6 Å². The summed E-state index contributed by atoms with van der Waals surface area (Å²) in [6, 6.07) is 18.8. The molecule has 206 valence electrons. The zero-order valence-corrected chi connectivity index (χ0v) is 23.1. The Labute approximate surface area is 233 Å². The van der Waals surface area contributed by atoms with E-state index in [0.29, 0.717) is 34.9 Å². The van der Waals surface area contributed by atoms with Crippen molar-refractivity contribution in [1.82, 2.24) is 5.32 Å². The minimum absolute atomic E-state index is 0.285. The highest BCUT2D eigenvalue weighted by molar-refractivity contribution is 6.06. The lowest BCUT2D eigenvalue weighted by Crippen LogP contribution is -2.55. The molecule has 0 aliphatic carbocycles. The van der Waals surface area contributed by atoms with E-state index in [9.17, 15) is 14.4 Å². The van der Waals surface area contributed by atoms with E-state index >= 15 is 0 Å². The Balaban J connectivity index is 1.39. The lowest BCUT2D eigenvalue weighted by atomic mass is 9.94. The van der Waals surface area contributed by atoms with Crippen LogP contribution in [0.5, 0.6) is 0 Å². The van der Waals surface area contributed by atoms with Crippen LogP contribution in [0.25, 0.3) is 27.8 Å². The molecule has 7 nitrogen and oxygen atoms in total. The molecule has 2 N–H and O–H groups in total.